The summed E-state index contributed by atoms with van der Waals surface area (Å²) >= 11 is 10.7. The average Bonchev–Trinajstić information content (AvgIpc) is 2.22. The Bertz CT molecular complexity index is 363. The van der Waals surface area contributed by atoms with Crippen LogP contribution in [0.15, 0.2) is 36.7 Å². The van der Waals surface area contributed by atoms with E-state index in [0.717, 1.165) is 5.69 Å². The van der Waals surface area contributed by atoms with E-state index in [1.807, 2.05) is 0 Å². The van der Waals surface area contributed by atoms with Crippen LogP contribution in [-0.4, -0.2) is 10.1 Å². The third kappa shape index (κ3) is 3.75. The summed E-state index contributed by atoms with van der Waals surface area (Å²) in [5.74, 6) is 5.54. The summed E-state index contributed by atoms with van der Waals surface area (Å²) in [4.78, 5) is 0. The van der Waals surface area contributed by atoms with Gasteiger partial charge in [0, 0.05) is 23.1 Å². The highest BCUT2D eigenvalue weighted by atomic mass is 35.5. The van der Waals surface area contributed by atoms with Gasteiger partial charge in [0.15, 0.2) is 5.11 Å². The van der Waals surface area contributed by atoms with Gasteiger partial charge >= 0.3 is 0 Å². The van der Waals surface area contributed by atoms with Crippen LogP contribution < -0.4 is 16.9 Å². The Morgan fingerprint density at radius 1 is 1.40 bits per heavy atom. The minimum Gasteiger partial charge on any atom is -0.403 e. The van der Waals surface area contributed by atoms with Crippen LogP contribution in [0.1, 0.15) is 0 Å². The molecule has 0 spiro atoms. The summed E-state index contributed by atoms with van der Waals surface area (Å²) in [6, 6.07) is 7.11. The third-order valence-corrected chi connectivity index (χ3v) is 2.14. The molecule has 1 aromatic carbocycles. The maximum atomic E-state index is 5.74. The number of hydrogen-bond acceptors (Lipinski definition) is 3. The number of hydrazine groups is 1. The lowest BCUT2D eigenvalue weighted by Gasteiger charge is -2.15. The maximum absolute atomic E-state index is 5.74. The van der Waals surface area contributed by atoms with E-state index in [0.29, 0.717) is 10.1 Å². The third-order valence-electron chi connectivity index (χ3n) is 1.58. The molecule has 0 radical (unpaired) electrons. The van der Waals surface area contributed by atoms with Gasteiger partial charge in [-0.2, -0.15) is 0 Å². The van der Waals surface area contributed by atoms with Gasteiger partial charge in [-0.1, -0.05) is 11.6 Å². The first-order chi connectivity index (χ1) is 7.13. The zero-order chi connectivity index (χ0) is 11.3. The normalized spacial score (nSPS) is 10.3. The van der Waals surface area contributed by atoms with Gasteiger partial charge in [-0.15, -0.1) is 0 Å². The molecule has 0 heterocycles. The zero-order valence-corrected chi connectivity index (χ0v) is 9.42. The van der Waals surface area contributed by atoms with Crippen molar-refractivity contribution in [1.82, 2.24) is 5.01 Å². The van der Waals surface area contributed by atoms with E-state index in [2.05, 4.69) is 5.32 Å². The molecular formula is C9H11ClN4S. The molecule has 5 N–H and O–H groups in total. The minimum absolute atomic E-state index is 0.346. The molecule has 0 aliphatic carbocycles. The van der Waals surface area contributed by atoms with Crippen LogP contribution in [0.5, 0.6) is 0 Å². The fourth-order valence-corrected chi connectivity index (χ4v) is 1.19. The van der Waals surface area contributed by atoms with E-state index in [9.17, 15) is 0 Å². The standard InChI is InChI=1S/C9H11ClN4S/c10-7-1-3-8(4-2-7)13-9(15)14(12)6-5-11/h1-6H,11-12H2,(H,13,15)/b6-5-. The molecule has 4 nitrogen and oxygen atoms in total. The molecule has 0 aliphatic heterocycles. The molecular weight excluding hydrogens is 232 g/mol. The highest BCUT2D eigenvalue weighted by Crippen LogP contribution is 2.13. The van der Waals surface area contributed by atoms with Crippen LogP contribution in [0.25, 0.3) is 0 Å². The van der Waals surface area contributed by atoms with Crippen LogP contribution in [-0.2, 0) is 0 Å². The van der Waals surface area contributed by atoms with E-state index in [-0.39, 0.29) is 0 Å². The number of anilines is 1. The Balaban J connectivity index is 2.62. The van der Waals surface area contributed by atoms with Crippen LogP contribution in [0.2, 0.25) is 5.02 Å². The van der Waals surface area contributed by atoms with Crippen molar-refractivity contribution in [2.45, 2.75) is 0 Å². The first-order valence-corrected chi connectivity index (χ1v) is 4.91. The monoisotopic (exact) mass is 242 g/mol. The molecule has 80 valence electrons. The number of hydrogen-bond donors (Lipinski definition) is 3. The minimum atomic E-state index is 0.346. The van der Waals surface area contributed by atoms with Crippen LogP contribution in [0.3, 0.4) is 0 Å². The average molecular weight is 243 g/mol. The second-order valence-electron chi connectivity index (χ2n) is 2.69. The van der Waals surface area contributed by atoms with Crippen molar-refractivity contribution in [1.29, 1.82) is 0 Å². The molecule has 0 atom stereocenters. The summed E-state index contributed by atoms with van der Waals surface area (Å²) in [5.41, 5.74) is 5.98. The highest BCUT2D eigenvalue weighted by molar-refractivity contribution is 7.80. The molecule has 1 aromatic rings. The SMILES string of the molecule is N/C=C\N(N)C(=S)Nc1ccc(Cl)cc1. The highest BCUT2D eigenvalue weighted by Gasteiger charge is 2.01. The summed E-state index contributed by atoms with van der Waals surface area (Å²) < 4.78 is 0. The van der Waals surface area contributed by atoms with Crippen molar-refractivity contribution < 1.29 is 0 Å². The number of halogens is 1. The second kappa shape index (κ2) is 5.55. The van der Waals surface area contributed by atoms with Crippen molar-refractivity contribution >= 4 is 34.6 Å². The lowest BCUT2D eigenvalue weighted by Crippen LogP contribution is -2.36. The van der Waals surface area contributed by atoms with Crippen molar-refractivity contribution in [3.8, 4) is 0 Å². The summed E-state index contributed by atoms with van der Waals surface area (Å²) in [6.07, 6.45) is 2.75. The zero-order valence-electron chi connectivity index (χ0n) is 7.85. The molecule has 1 rings (SSSR count). The fraction of sp³-hybridized carbons (Fsp3) is 0. The molecule has 0 aliphatic rings. The van der Waals surface area contributed by atoms with Gasteiger partial charge in [-0.3, -0.25) is 5.01 Å². The summed E-state index contributed by atoms with van der Waals surface area (Å²) in [5, 5.41) is 5.14. The first-order valence-electron chi connectivity index (χ1n) is 4.12. The summed E-state index contributed by atoms with van der Waals surface area (Å²) in [7, 11) is 0. The number of rotatable bonds is 2. The maximum Gasteiger partial charge on any atom is 0.192 e. The topological polar surface area (TPSA) is 67.3 Å². The first kappa shape index (κ1) is 11.8. The van der Waals surface area contributed by atoms with Gasteiger partial charge in [-0.25, -0.2) is 5.84 Å². The lowest BCUT2D eigenvalue weighted by atomic mass is 10.3. The number of nitrogens with one attached hydrogen (secondary N) is 1. The molecule has 0 saturated heterocycles. The number of thiocarbonyl (C=S) groups is 1. The molecule has 0 amide bonds. The van der Waals surface area contributed by atoms with Gasteiger partial charge in [0.1, 0.15) is 0 Å². The Kier molecular flexibility index (Phi) is 4.36. The smallest absolute Gasteiger partial charge is 0.192 e. The van der Waals surface area contributed by atoms with Crippen LogP contribution >= 0.6 is 23.8 Å². The Morgan fingerprint density at radius 3 is 2.53 bits per heavy atom. The Morgan fingerprint density at radius 2 is 2.00 bits per heavy atom. The lowest BCUT2D eigenvalue weighted by molar-refractivity contribution is 0.605. The predicted molar refractivity (Wildman–Crippen MR) is 67.0 cm³/mol. The predicted octanol–water partition coefficient (Wildman–Crippen LogP) is 1.64. The largest absolute Gasteiger partial charge is 0.403 e. The Labute approximate surface area is 98.5 Å². The molecule has 0 bridgehead atoms. The van der Waals surface area contributed by atoms with Crippen molar-refractivity contribution in [3.05, 3.63) is 41.7 Å². The van der Waals surface area contributed by atoms with Gasteiger partial charge in [0.05, 0.1) is 0 Å². The molecule has 6 heteroatoms. The van der Waals surface area contributed by atoms with Crippen molar-refractivity contribution in [2.24, 2.45) is 11.6 Å². The van der Waals surface area contributed by atoms with Gasteiger partial charge in [0.2, 0.25) is 0 Å². The molecule has 0 saturated carbocycles. The van der Waals surface area contributed by atoms with E-state index in [1.165, 1.54) is 17.4 Å². The fourth-order valence-electron chi connectivity index (χ4n) is 0.882. The van der Waals surface area contributed by atoms with E-state index in [1.54, 1.807) is 24.3 Å². The number of benzene rings is 1. The number of nitrogens with two attached hydrogens (primary N) is 2. The van der Waals surface area contributed by atoms with Crippen molar-refractivity contribution in [3.63, 3.8) is 0 Å². The van der Waals surface area contributed by atoms with Crippen LogP contribution in [0, 0.1) is 0 Å². The van der Waals surface area contributed by atoms with E-state index >= 15 is 0 Å². The van der Waals surface area contributed by atoms with E-state index < -0.39 is 0 Å². The molecule has 0 unspecified atom stereocenters. The van der Waals surface area contributed by atoms with Gasteiger partial charge in [-0.05, 0) is 36.5 Å². The second-order valence-corrected chi connectivity index (χ2v) is 3.51. The molecule has 0 fully saturated rings. The van der Waals surface area contributed by atoms with Gasteiger partial charge < -0.3 is 11.1 Å². The molecule has 15 heavy (non-hydrogen) atoms. The quantitative estimate of drug-likeness (QED) is 0.418. The van der Waals surface area contributed by atoms with Crippen molar-refractivity contribution in [2.75, 3.05) is 5.32 Å². The Hall–Kier alpha value is -1.30. The van der Waals surface area contributed by atoms with Gasteiger partial charge in [0.25, 0.3) is 0 Å². The van der Waals surface area contributed by atoms with Crippen LogP contribution in [0.4, 0.5) is 5.69 Å². The number of nitrogens with zero attached hydrogens (tertiary/aromatic N) is 1. The van der Waals surface area contributed by atoms with E-state index in [4.69, 9.17) is 35.4 Å². The summed E-state index contributed by atoms with van der Waals surface area (Å²) in [6.45, 7) is 0. The molecule has 0 aromatic heterocycles.